The first-order valence-corrected chi connectivity index (χ1v) is 6.06. The Bertz CT molecular complexity index is 366. The molecule has 0 aliphatic carbocycles. The Morgan fingerprint density at radius 1 is 1.53 bits per heavy atom. The van der Waals surface area contributed by atoms with Crippen molar-refractivity contribution in [2.75, 3.05) is 26.4 Å². The molecule has 0 bridgehead atoms. The summed E-state index contributed by atoms with van der Waals surface area (Å²) in [7, 11) is 1.90. The highest BCUT2D eigenvalue weighted by Gasteiger charge is 2.15. The Kier molecular flexibility index (Phi) is 4.34. The molecule has 4 heteroatoms. The van der Waals surface area contributed by atoms with Crippen LogP contribution in [0.1, 0.15) is 23.2 Å². The van der Waals surface area contributed by atoms with Crippen LogP contribution in [0.3, 0.4) is 0 Å². The molecule has 0 radical (unpaired) electrons. The number of carbonyl (C=O) groups excluding carboxylic acids is 1. The molecular formula is C13H19NO3. The molecule has 94 valence electrons. The Balaban J connectivity index is 1.69. The third kappa shape index (κ3) is 3.68. The van der Waals surface area contributed by atoms with Crippen molar-refractivity contribution in [3.63, 3.8) is 0 Å². The van der Waals surface area contributed by atoms with Crippen LogP contribution in [0.15, 0.2) is 18.5 Å². The van der Waals surface area contributed by atoms with E-state index in [4.69, 9.17) is 9.47 Å². The van der Waals surface area contributed by atoms with Crippen LogP contribution in [0.5, 0.6) is 0 Å². The molecule has 1 aromatic heterocycles. The quantitative estimate of drug-likeness (QED) is 0.731. The van der Waals surface area contributed by atoms with Gasteiger partial charge in [0.25, 0.3) is 0 Å². The Morgan fingerprint density at radius 3 is 2.94 bits per heavy atom. The van der Waals surface area contributed by atoms with E-state index in [1.165, 1.54) is 0 Å². The molecule has 0 atom stereocenters. The molecule has 0 spiro atoms. The summed E-state index contributed by atoms with van der Waals surface area (Å²) in [6, 6.07) is 1.82. The summed E-state index contributed by atoms with van der Waals surface area (Å²) in [5, 5.41) is 0. The average molecular weight is 237 g/mol. The SMILES string of the molecule is Cn1ccc(C(=O)COCC2CCOCC2)c1. The highest BCUT2D eigenvalue weighted by Crippen LogP contribution is 2.14. The first kappa shape index (κ1) is 12.3. The van der Waals surface area contributed by atoms with Crippen LogP contribution in [0.25, 0.3) is 0 Å². The third-order valence-electron chi connectivity index (χ3n) is 3.08. The number of aromatic nitrogens is 1. The summed E-state index contributed by atoms with van der Waals surface area (Å²) < 4.78 is 12.6. The maximum atomic E-state index is 11.7. The number of nitrogens with zero attached hydrogens (tertiary/aromatic N) is 1. The molecule has 1 aromatic rings. The summed E-state index contributed by atoms with van der Waals surface area (Å²) in [6.45, 7) is 2.49. The van der Waals surface area contributed by atoms with E-state index in [1.54, 1.807) is 0 Å². The molecule has 0 N–H and O–H groups in total. The van der Waals surface area contributed by atoms with E-state index in [9.17, 15) is 4.79 Å². The lowest BCUT2D eigenvalue weighted by molar-refractivity contribution is 0.0216. The second kappa shape index (κ2) is 5.98. The van der Waals surface area contributed by atoms with Gasteiger partial charge < -0.3 is 14.0 Å². The predicted molar refractivity (Wildman–Crippen MR) is 64.1 cm³/mol. The second-order valence-corrected chi connectivity index (χ2v) is 4.56. The smallest absolute Gasteiger partial charge is 0.189 e. The van der Waals surface area contributed by atoms with E-state index >= 15 is 0 Å². The number of hydrogen-bond acceptors (Lipinski definition) is 3. The molecular weight excluding hydrogens is 218 g/mol. The van der Waals surface area contributed by atoms with Crippen molar-refractivity contribution >= 4 is 5.78 Å². The Labute approximate surface area is 102 Å². The van der Waals surface area contributed by atoms with Gasteiger partial charge in [-0.3, -0.25) is 4.79 Å². The summed E-state index contributed by atoms with van der Waals surface area (Å²) >= 11 is 0. The minimum absolute atomic E-state index is 0.0534. The van der Waals surface area contributed by atoms with Gasteiger partial charge in [-0.15, -0.1) is 0 Å². The maximum absolute atomic E-state index is 11.7. The molecule has 1 aliphatic rings. The lowest BCUT2D eigenvalue weighted by Crippen LogP contribution is -2.21. The van der Waals surface area contributed by atoms with Crippen LogP contribution in [0.4, 0.5) is 0 Å². The number of ketones is 1. The topological polar surface area (TPSA) is 40.5 Å². The van der Waals surface area contributed by atoms with Crippen LogP contribution >= 0.6 is 0 Å². The number of rotatable bonds is 5. The highest BCUT2D eigenvalue weighted by molar-refractivity contribution is 5.96. The van der Waals surface area contributed by atoms with Crippen molar-refractivity contribution in [2.45, 2.75) is 12.8 Å². The average Bonchev–Trinajstić information content (AvgIpc) is 2.77. The van der Waals surface area contributed by atoms with Crippen LogP contribution < -0.4 is 0 Å². The fourth-order valence-corrected chi connectivity index (χ4v) is 1.98. The zero-order chi connectivity index (χ0) is 12.1. The molecule has 0 saturated carbocycles. The fourth-order valence-electron chi connectivity index (χ4n) is 1.98. The van der Waals surface area contributed by atoms with Crippen LogP contribution in [0, 0.1) is 5.92 Å². The molecule has 17 heavy (non-hydrogen) atoms. The predicted octanol–water partition coefficient (Wildman–Crippen LogP) is 1.65. The Hall–Kier alpha value is -1.13. The van der Waals surface area contributed by atoms with Crippen molar-refractivity contribution in [1.82, 2.24) is 4.57 Å². The molecule has 1 fully saturated rings. The summed E-state index contributed by atoms with van der Waals surface area (Å²) in [4.78, 5) is 11.7. The summed E-state index contributed by atoms with van der Waals surface area (Å²) in [5.41, 5.74) is 0.722. The lowest BCUT2D eigenvalue weighted by atomic mass is 10.0. The highest BCUT2D eigenvalue weighted by atomic mass is 16.5. The fraction of sp³-hybridized carbons (Fsp3) is 0.615. The third-order valence-corrected chi connectivity index (χ3v) is 3.08. The lowest BCUT2D eigenvalue weighted by Gasteiger charge is -2.21. The van der Waals surface area contributed by atoms with Crippen LogP contribution in [-0.4, -0.2) is 36.8 Å². The van der Waals surface area contributed by atoms with Gasteiger partial charge >= 0.3 is 0 Å². The van der Waals surface area contributed by atoms with Crippen molar-refractivity contribution in [2.24, 2.45) is 13.0 Å². The molecule has 2 rings (SSSR count). The minimum Gasteiger partial charge on any atom is -0.381 e. The van der Waals surface area contributed by atoms with E-state index in [0.29, 0.717) is 12.5 Å². The van der Waals surface area contributed by atoms with Gasteiger partial charge in [0.1, 0.15) is 6.61 Å². The van der Waals surface area contributed by atoms with Crippen LogP contribution in [-0.2, 0) is 16.5 Å². The van der Waals surface area contributed by atoms with Crippen molar-refractivity contribution in [3.05, 3.63) is 24.0 Å². The number of Topliss-reactive ketones (excluding diaryl/α,β-unsaturated/α-hetero) is 1. The van der Waals surface area contributed by atoms with Gasteiger partial charge in [-0.05, 0) is 24.8 Å². The maximum Gasteiger partial charge on any atom is 0.189 e. The van der Waals surface area contributed by atoms with Gasteiger partial charge in [0.05, 0.1) is 6.61 Å². The van der Waals surface area contributed by atoms with Gasteiger partial charge in [-0.25, -0.2) is 0 Å². The summed E-state index contributed by atoms with van der Waals surface area (Å²) in [6.07, 6.45) is 5.77. The Morgan fingerprint density at radius 2 is 2.29 bits per heavy atom. The largest absolute Gasteiger partial charge is 0.381 e. The molecule has 0 unspecified atom stereocenters. The first-order valence-electron chi connectivity index (χ1n) is 6.06. The molecule has 1 saturated heterocycles. The normalized spacial score (nSPS) is 17.2. The monoisotopic (exact) mass is 237 g/mol. The number of carbonyl (C=O) groups is 1. The molecule has 1 aliphatic heterocycles. The van der Waals surface area contributed by atoms with Crippen molar-refractivity contribution in [1.29, 1.82) is 0 Å². The standard InChI is InChI=1S/C13H19NO3/c1-14-5-2-12(8-14)13(15)10-17-9-11-3-6-16-7-4-11/h2,5,8,11H,3-4,6-7,9-10H2,1H3. The van der Waals surface area contributed by atoms with Gasteiger partial charge in [0.15, 0.2) is 5.78 Å². The van der Waals surface area contributed by atoms with Gasteiger partial charge in [0.2, 0.25) is 0 Å². The molecule has 0 amide bonds. The molecule has 4 nitrogen and oxygen atoms in total. The number of hydrogen-bond donors (Lipinski definition) is 0. The van der Waals surface area contributed by atoms with Crippen molar-refractivity contribution in [3.8, 4) is 0 Å². The molecule has 2 heterocycles. The zero-order valence-corrected chi connectivity index (χ0v) is 10.2. The van der Waals surface area contributed by atoms with E-state index in [-0.39, 0.29) is 12.4 Å². The van der Waals surface area contributed by atoms with Crippen LogP contribution in [0.2, 0.25) is 0 Å². The number of aryl methyl sites for hydroxylation is 1. The minimum atomic E-state index is 0.0534. The van der Waals surface area contributed by atoms with E-state index in [1.807, 2.05) is 30.1 Å². The van der Waals surface area contributed by atoms with E-state index in [2.05, 4.69) is 0 Å². The first-order chi connectivity index (χ1) is 8.25. The van der Waals surface area contributed by atoms with E-state index < -0.39 is 0 Å². The zero-order valence-electron chi connectivity index (χ0n) is 10.2. The second-order valence-electron chi connectivity index (χ2n) is 4.56. The van der Waals surface area contributed by atoms with Crippen molar-refractivity contribution < 1.29 is 14.3 Å². The molecule has 0 aromatic carbocycles. The number of ether oxygens (including phenoxy) is 2. The van der Waals surface area contributed by atoms with Gasteiger partial charge in [-0.1, -0.05) is 0 Å². The van der Waals surface area contributed by atoms with Gasteiger partial charge in [0, 0.05) is 38.2 Å². The summed E-state index contributed by atoms with van der Waals surface area (Å²) in [5.74, 6) is 0.602. The van der Waals surface area contributed by atoms with E-state index in [0.717, 1.165) is 31.6 Å². The van der Waals surface area contributed by atoms with Gasteiger partial charge in [-0.2, -0.15) is 0 Å².